The second kappa shape index (κ2) is 11.0. The predicted octanol–water partition coefficient (Wildman–Crippen LogP) is 3.76. The zero-order chi connectivity index (χ0) is 23.9. The minimum Gasteiger partial charge on any atom is -0.490 e. The summed E-state index contributed by atoms with van der Waals surface area (Å²) in [5.74, 6) is -0.244. The van der Waals surface area contributed by atoms with Crippen LogP contribution in [0, 0.1) is 0 Å². The summed E-state index contributed by atoms with van der Waals surface area (Å²) in [6.45, 7) is 6.70. The lowest BCUT2D eigenvalue weighted by molar-refractivity contribution is -0.127. The molecule has 0 aliphatic carbocycles. The average Bonchev–Trinajstić information content (AvgIpc) is 3.12. The molecular weight excluding hydrogens is 454 g/mol. The molecule has 9 heteroatoms. The highest BCUT2D eigenvalue weighted by atomic mass is 32.2. The Bertz CT molecular complexity index is 1090. The van der Waals surface area contributed by atoms with E-state index in [0.717, 1.165) is 41.0 Å². The van der Waals surface area contributed by atoms with Crippen LogP contribution in [0.3, 0.4) is 0 Å². The quantitative estimate of drug-likeness (QED) is 0.456. The van der Waals surface area contributed by atoms with Crippen molar-refractivity contribution in [3.05, 3.63) is 71.7 Å². The van der Waals surface area contributed by atoms with Gasteiger partial charge in [0, 0.05) is 24.5 Å². The minimum absolute atomic E-state index is 0.271. The van der Waals surface area contributed by atoms with Crippen LogP contribution < -0.4 is 15.0 Å². The number of hydrogen-bond donors (Lipinski definition) is 1. The SMILES string of the molecule is C=CCOc1ccc(C=C2SC(=O)N(CC(=O)Nc3ccc(N4CCOCC4)cc3)C2=O)cc1. The van der Waals surface area contributed by atoms with Crippen LogP contribution in [0.1, 0.15) is 5.56 Å². The highest BCUT2D eigenvalue weighted by Crippen LogP contribution is 2.32. The first kappa shape index (κ1) is 23.6. The first-order chi connectivity index (χ1) is 16.5. The van der Waals surface area contributed by atoms with Crippen molar-refractivity contribution in [2.75, 3.05) is 49.7 Å². The van der Waals surface area contributed by atoms with Gasteiger partial charge < -0.3 is 19.7 Å². The zero-order valence-electron chi connectivity index (χ0n) is 18.6. The van der Waals surface area contributed by atoms with Gasteiger partial charge in [-0.15, -0.1) is 0 Å². The highest BCUT2D eigenvalue weighted by molar-refractivity contribution is 8.18. The van der Waals surface area contributed by atoms with Gasteiger partial charge >= 0.3 is 0 Å². The Hall–Kier alpha value is -3.56. The van der Waals surface area contributed by atoms with E-state index in [1.165, 1.54) is 0 Å². The molecule has 2 saturated heterocycles. The smallest absolute Gasteiger partial charge is 0.294 e. The number of imide groups is 1. The van der Waals surface area contributed by atoms with Gasteiger partial charge in [-0.1, -0.05) is 24.8 Å². The van der Waals surface area contributed by atoms with Gasteiger partial charge in [0.05, 0.1) is 18.1 Å². The molecule has 2 aromatic rings. The van der Waals surface area contributed by atoms with Crippen molar-refractivity contribution in [1.82, 2.24) is 4.90 Å². The summed E-state index contributed by atoms with van der Waals surface area (Å²) in [5, 5.41) is 2.28. The number of rotatable bonds is 8. The van der Waals surface area contributed by atoms with Crippen molar-refractivity contribution in [2.45, 2.75) is 0 Å². The molecule has 1 N–H and O–H groups in total. The lowest BCUT2D eigenvalue weighted by Crippen LogP contribution is -2.36. The summed E-state index contributed by atoms with van der Waals surface area (Å²) >= 11 is 0.819. The number of benzene rings is 2. The van der Waals surface area contributed by atoms with Crippen molar-refractivity contribution >= 4 is 46.3 Å². The molecule has 0 saturated carbocycles. The molecule has 0 unspecified atom stereocenters. The number of carbonyl (C=O) groups excluding carboxylic acids is 3. The molecular formula is C25H25N3O5S. The Labute approximate surface area is 202 Å². The van der Waals surface area contributed by atoms with E-state index in [0.29, 0.717) is 31.3 Å². The van der Waals surface area contributed by atoms with Gasteiger partial charge in [0.15, 0.2) is 0 Å². The van der Waals surface area contributed by atoms with Crippen molar-refractivity contribution in [1.29, 1.82) is 0 Å². The fourth-order valence-corrected chi connectivity index (χ4v) is 4.36. The van der Waals surface area contributed by atoms with Gasteiger partial charge in [-0.05, 0) is 59.8 Å². The average molecular weight is 480 g/mol. The maximum Gasteiger partial charge on any atom is 0.294 e. The molecule has 0 aromatic heterocycles. The maximum absolute atomic E-state index is 12.7. The van der Waals surface area contributed by atoms with Gasteiger partial charge in [-0.3, -0.25) is 19.3 Å². The van der Waals surface area contributed by atoms with E-state index in [2.05, 4.69) is 16.8 Å². The van der Waals surface area contributed by atoms with Crippen molar-refractivity contribution in [2.24, 2.45) is 0 Å². The van der Waals surface area contributed by atoms with E-state index in [-0.39, 0.29) is 11.4 Å². The molecule has 2 fully saturated rings. The Morgan fingerprint density at radius 3 is 2.47 bits per heavy atom. The van der Waals surface area contributed by atoms with Crippen LogP contribution in [0.5, 0.6) is 5.75 Å². The first-order valence-corrected chi connectivity index (χ1v) is 11.7. The van der Waals surface area contributed by atoms with Gasteiger partial charge in [-0.25, -0.2) is 0 Å². The van der Waals surface area contributed by atoms with Crippen LogP contribution in [-0.4, -0.2) is 61.4 Å². The number of nitrogens with zero attached hydrogens (tertiary/aromatic N) is 2. The monoisotopic (exact) mass is 479 g/mol. The summed E-state index contributed by atoms with van der Waals surface area (Å²) < 4.78 is 10.8. The Balaban J connectivity index is 1.34. The lowest BCUT2D eigenvalue weighted by Gasteiger charge is -2.28. The lowest BCUT2D eigenvalue weighted by atomic mass is 10.2. The number of hydrogen-bond acceptors (Lipinski definition) is 7. The molecule has 0 spiro atoms. The minimum atomic E-state index is -0.486. The standard InChI is InChI=1S/C25H25N3O5S/c1-2-13-33-21-9-3-18(4-10-21)16-22-24(30)28(25(31)34-22)17-23(29)26-19-5-7-20(8-6-19)27-11-14-32-15-12-27/h2-10,16H,1,11-15,17H2,(H,26,29). The van der Waals surface area contributed by atoms with Crippen LogP contribution in [0.15, 0.2) is 66.1 Å². The molecule has 4 rings (SSSR count). The van der Waals surface area contributed by atoms with Crippen LogP contribution in [-0.2, 0) is 14.3 Å². The number of ether oxygens (including phenoxy) is 2. The molecule has 0 radical (unpaired) electrons. The normalized spacial score (nSPS) is 17.2. The number of carbonyl (C=O) groups is 3. The Morgan fingerprint density at radius 2 is 1.79 bits per heavy atom. The topological polar surface area (TPSA) is 88.2 Å². The van der Waals surface area contributed by atoms with Gasteiger partial charge in [0.25, 0.3) is 11.1 Å². The molecule has 8 nitrogen and oxygen atoms in total. The fourth-order valence-electron chi connectivity index (χ4n) is 3.52. The molecule has 34 heavy (non-hydrogen) atoms. The Morgan fingerprint density at radius 1 is 1.09 bits per heavy atom. The molecule has 2 aliphatic heterocycles. The number of thioether (sulfide) groups is 1. The summed E-state index contributed by atoms with van der Waals surface area (Å²) in [5.41, 5.74) is 2.40. The van der Waals surface area contributed by atoms with Crippen LogP contribution in [0.4, 0.5) is 16.2 Å². The molecule has 2 aromatic carbocycles. The fraction of sp³-hybridized carbons (Fsp3) is 0.240. The third-order valence-corrected chi connectivity index (χ3v) is 6.16. The summed E-state index contributed by atoms with van der Waals surface area (Å²) in [4.78, 5) is 41.0. The molecule has 2 heterocycles. The Kier molecular flexibility index (Phi) is 7.66. The van der Waals surface area contributed by atoms with E-state index in [1.807, 2.05) is 12.1 Å². The third kappa shape index (κ3) is 5.86. The molecule has 0 atom stereocenters. The summed E-state index contributed by atoms with van der Waals surface area (Å²) in [6, 6.07) is 14.6. The van der Waals surface area contributed by atoms with E-state index in [1.54, 1.807) is 48.6 Å². The van der Waals surface area contributed by atoms with E-state index < -0.39 is 17.1 Å². The number of morpholine rings is 1. The molecule has 3 amide bonds. The van der Waals surface area contributed by atoms with Gasteiger partial charge in [0.1, 0.15) is 18.9 Å². The first-order valence-electron chi connectivity index (χ1n) is 10.9. The van der Waals surface area contributed by atoms with Gasteiger partial charge in [0.2, 0.25) is 5.91 Å². The van der Waals surface area contributed by atoms with E-state index in [4.69, 9.17) is 9.47 Å². The second-order valence-corrected chi connectivity index (χ2v) is 8.62. The van der Waals surface area contributed by atoms with Crippen LogP contribution >= 0.6 is 11.8 Å². The van der Waals surface area contributed by atoms with E-state index >= 15 is 0 Å². The van der Waals surface area contributed by atoms with Crippen LogP contribution in [0.25, 0.3) is 6.08 Å². The van der Waals surface area contributed by atoms with Gasteiger partial charge in [-0.2, -0.15) is 0 Å². The predicted molar refractivity (Wildman–Crippen MR) is 133 cm³/mol. The number of anilines is 2. The summed E-state index contributed by atoms with van der Waals surface area (Å²) in [7, 11) is 0. The van der Waals surface area contributed by atoms with Crippen molar-refractivity contribution in [3.8, 4) is 5.75 Å². The number of amides is 3. The van der Waals surface area contributed by atoms with E-state index in [9.17, 15) is 14.4 Å². The second-order valence-electron chi connectivity index (χ2n) is 7.63. The highest BCUT2D eigenvalue weighted by Gasteiger charge is 2.36. The maximum atomic E-state index is 12.7. The molecule has 176 valence electrons. The largest absolute Gasteiger partial charge is 0.490 e. The zero-order valence-corrected chi connectivity index (χ0v) is 19.4. The molecule has 0 bridgehead atoms. The van der Waals surface area contributed by atoms with Crippen molar-refractivity contribution in [3.63, 3.8) is 0 Å². The molecule has 2 aliphatic rings. The number of nitrogens with one attached hydrogen (secondary N) is 1. The third-order valence-electron chi connectivity index (χ3n) is 5.25. The summed E-state index contributed by atoms with van der Waals surface area (Å²) in [6.07, 6.45) is 3.28. The van der Waals surface area contributed by atoms with Crippen molar-refractivity contribution < 1.29 is 23.9 Å². The van der Waals surface area contributed by atoms with Crippen LogP contribution in [0.2, 0.25) is 0 Å².